The van der Waals surface area contributed by atoms with Gasteiger partial charge in [0.2, 0.25) is 11.8 Å². The lowest BCUT2D eigenvalue weighted by Crippen LogP contribution is -2.47. The van der Waals surface area contributed by atoms with Crippen molar-refractivity contribution in [3.8, 4) is 5.69 Å². The average Bonchev–Trinajstić information content (AvgIpc) is 3.69. The van der Waals surface area contributed by atoms with E-state index in [0.717, 1.165) is 48.3 Å². The second-order valence-corrected chi connectivity index (χ2v) is 11.8. The fourth-order valence-corrected chi connectivity index (χ4v) is 6.11. The Bertz CT molecular complexity index is 1280. The number of aromatic nitrogens is 1. The van der Waals surface area contributed by atoms with E-state index in [1.165, 1.54) is 44.9 Å². The Labute approximate surface area is 244 Å². The predicted octanol–water partition coefficient (Wildman–Crippen LogP) is 8.48. The van der Waals surface area contributed by atoms with Gasteiger partial charge in [0.05, 0.1) is 17.1 Å². The van der Waals surface area contributed by atoms with E-state index in [1.54, 1.807) is 0 Å². The Balaban J connectivity index is 1.28. The summed E-state index contributed by atoms with van der Waals surface area (Å²) >= 11 is 6.22. The Kier molecular flexibility index (Phi) is 9.64. The number of para-hydroxylation sites is 2. The third-order valence-corrected chi connectivity index (χ3v) is 8.53. The number of hydrogen-bond donors (Lipinski definition) is 0. The van der Waals surface area contributed by atoms with Crippen molar-refractivity contribution >= 4 is 29.1 Å². The van der Waals surface area contributed by atoms with Gasteiger partial charge in [-0.15, -0.1) is 0 Å². The van der Waals surface area contributed by atoms with Gasteiger partial charge < -0.3 is 9.47 Å². The zero-order chi connectivity index (χ0) is 27.9. The molecule has 5 nitrogen and oxygen atoms in total. The van der Waals surface area contributed by atoms with Crippen LogP contribution in [0.5, 0.6) is 0 Å². The first-order valence-electron chi connectivity index (χ1n) is 15.2. The fraction of sp³-hybridized carbons (Fsp3) is 0.471. The third kappa shape index (κ3) is 6.63. The summed E-state index contributed by atoms with van der Waals surface area (Å²) in [6, 6.07) is 19.7. The Hall–Kier alpha value is -3.05. The molecule has 1 fully saturated rings. The molecule has 1 atom stereocenters. The predicted molar refractivity (Wildman–Crippen MR) is 163 cm³/mol. The van der Waals surface area contributed by atoms with Crippen LogP contribution in [0.25, 0.3) is 5.69 Å². The summed E-state index contributed by atoms with van der Waals surface area (Å²) in [5.41, 5.74) is 3.85. The molecule has 2 aromatic carbocycles. The molecule has 2 aliphatic rings. The molecule has 0 saturated heterocycles. The van der Waals surface area contributed by atoms with Crippen molar-refractivity contribution in [2.75, 3.05) is 11.4 Å². The Morgan fingerprint density at radius 2 is 1.48 bits per heavy atom. The SMILES string of the molecule is CCCCCCCCCCCC(=O)N(CC(=O)N1c2ccccc2-n2cccc2[C@@H]1c1ccc(Cl)cc1)C1CC1. The highest BCUT2D eigenvalue weighted by Gasteiger charge is 2.39. The maximum Gasteiger partial charge on any atom is 0.247 e. The van der Waals surface area contributed by atoms with Gasteiger partial charge in [0, 0.05) is 23.7 Å². The largest absolute Gasteiger partial charge is 0.330 e. The lowest BCUT2D eigenvalue weighted by Gasteiger charge is -2.39. The van der Waals surface area contributed by atoms with Crippen LogP contribution >= 0.6 is 11.6 Å². The van der Waals surface area contributed by atoms with E-state index in [-0.39, 0.29) is 30.4 Å². The number of halogens is 1. The van der Waals surface area contributed by atoms with Crippen molar-refractivity contribution in [3.63, 3.8) is 0 Å². The molecule has 212 valence electrons. The van der Waals surface area contributed by atoms with Crippen LogP contribution in [0.1, 0.15) is 101 Å². The maximum atomic E-state index is 14.2. The van der Waals surface area contributed by atoms with Crippen LogP contribution in [0.15, 0.2) is 66.9 Å². The van der Waals surface area contributed by atoms with E-state index < -0.39 is 0 Å². The average molecular weight is 560 g/mol. The summed E-state index contributed by atoms with van der Waals surface area (Å²) in [7, 11) is 0. The molecule has 0 N–H and O–H groups in total. The second-order valence-electron chi connectivity index (χ2n) is 11.3. The number of fused-ring (bicyclic) bond motifs is 3. The number of rotatable bonds is 14. The number of carbonyl (C=O) groups is 2. The molecule has 1 aliphatic carbocycles. The molecule has 2 amide bonds. The van der Waals surface area contributed by atoms with Crippen molar-refractivity contribution in [1.29, 1.82) is 0 Å². The molecule has 1 aliphatic heterocycles. The van der Waals surface area contributed by atoms with Crippen molar-refractivity contribution in [1.82, 2.24) is 9.47 Å². The highest BCUT2D eigenvalue weighted by atomic mass is 35.5. The quantitative estimate of drug-likeness (QED) is 0.186. The van der Waals surface area contributed by atoms with Gasteiger partial charge in [-0.3, -0.25) is 14.5 Å². The number of nitrogens with zero attached hydrogens (tertiary/aromatic N) is 3. The number of unbranched alkanes of at least 4 members (excludes halogenated alkanes) is 8. The van der Waals surface area contributed by atoms with Gasteiger partial charge in [-0.1, -0.05) is 94.2 Å². The lowest BCUT2D eigenvalue weighted by atomic mass is 9.97. The van der Waals surface area contributed by atoms with Gasteiger partial charge in [0.1, 0.15) is 12.6 Å². The van der Waals surface area contributed by atoms with Crippen molar-refractivity contribution in [3.05, 3.63) is 83.1 Å². The highest BCUT2D eigenvalue weighted by molar-refractivity contribution is 6.30. The zero-order valence-corrected chi connectivity index (χ0v) is 24.5. The number of anilines is 1. The molecule has 40 heavy (non-hydrogen) atoms. The Morgan fingerprint density at radius 3 is 2.15 bits per heavy atom. The first-order valence-corrected chi connectivity index (χ1v) is 15.6. The minimum absolute atomic E-state index is 0.0489. The van der Waals surface area contributed by atoms with Crippen LogP contribution in [-0.2, 0) is 9.59 Å². The summed E-state index contributed by atoms with van der Waals surface area (Å²) in [6.07, 6.45) is 15.5. The van der Waals surface area contributed by atoms with Crippen molar-refractivity contribution in [2.45, 2.75) is 96.1 Å². The minimum atomic E-state index is -0.303. The standard InChI is InChI=1S/C34H42ClN3O2/c1-2-3-4-5-6-7-8-9-10-17-32(39)37(28-22-23-28)25-33(40)38-30-15-12-11-14-29(30)36-24-13-16-31(36)34(38)26-18-20-27(35)21-19-26/h11-16,18-21,24,28,34H,2-10,17,22-23,25H2,1H3/t34-/m0/s1. The third-order valence-electron chi connectivity index (χ3n) is 8.28. The number of amides is 2. The molecule has 0 spiro atoms. The van der Waals surface area contributed by atoms with E-state index in [1.807, 2.05) is 70.6 Å². The van der Waals surface area contributed by atoms with Gasteiger partial charge >= 0.3 is 0 Å². The summed E-state index contributed by atoms with van der Waals surface area (Å²) in [4.78, 5) is 31.3. The van der Waals surface area contributed by atoms with Gasteiger partial charge in [-0.25, -0.2) is 0 Å². The molecular formula is C34H42ClN3O2. The van der Waals surface area contributed by atoms with Crippen LogP contribution in [0.4, 0.5) is 5.69 Å². The molecule has 1 saturated carbocycles. The molecule has 2 heterocycles. The molecule has 0 bridgehead atoms. The first kappa shape index (κ1) is 28.5. The molecule has 0 unspecified atom stereocenters. The summed E-state index contributed by atoms with van der Waals surface area (Å²) in [6.45, 7) is 2.36. The monoisotopic (exact) mass is 559 g/mol. The van der Waals surface area contributed by atoms with E-state index in [0.29, 0.717) is 11.4 Å². The number of hydrogen-bond acceptors (Lipinski definition) is 2. The maximum absolute atomic E-state index is 14.2. The zero-order valence-electron chi connectivity index (χ0n) is 23.7. The lowest BCUT2D eigenvalue weighted by molar-refractivity contribution is -0.136. The van der Waals surface area contributed by atoms with Crippen molar-refractivity contribution < 1.29 is 9.59 Å². The number of benzene rings is 2. The van der Waals surface area contributed by atoms with Gasteiger partial charge in [-0.05, 0) is 61.2 Å². The highest BCUT2D eigenvalue weighted by Crippen LogP contribution is 2.42. The fourth-order valence-electron chi connectivity index (χ4n) is 5.98. The minimum Gasteiger partial charge on any atom is -0.330 e. The van der Waals surface area contributed by atoms with E-state index in [4.69, 9.17) is 11.6 Å². The normalized spacial score (nSPS) is 15.9. The van der Waals surface area contributed by atoms with Crippen molar-refractivity contribution in [2.24, 2.45) is 0 Å². The smallest absolute Gasteiger partial charge is 0.247 e. The first-order chi connectivity index (χ1) is 19.6. The molecule has 5 rings (SSSR count). The summed E-state index contributed by atoms with van der Waals surface area (Å²) in [5.74, 6) is 0.0719. The van der Waals surface area contributed by atoms with E-state index >= 15 is 0 Å². The summed E-state index contributed by atoms with van der Waals surface area (Å²) < 4.78 is 2.16. The van der Waals surface area contributed by atoms with E-state index in [2.05, 4.69) is 17.6 Å². The molecule has 1 aromatic heterocycles. The number of carbonyl (C=O) groups excluding carboxylic acids is 2. The topological polar surface area (TPSA) is 45.6 Å². The Morgan fingerprint density at radius 1 is 0.825 bits per heavy atom. The molecule has 3 aromatic rings. The molecule has 0 radical (unpaired) electrons. The van der Waals surface area contributed by atoms with Crippen LogP contribution in [0, 0.1) is 0 Å². The van der Waals surface area contributed by atoms with Gasteiger partial charge in [0.15, 0.2) is 0 Å². The van der Waals surface area contributed by atoms with E-state index in [9.17, 15) is 9.59 Å². The van der Waals surface area contributed by atoms with Crippen LogP contribution in [0.3, 0.4) is 0 Å². The van der Waals surface area contributed by atoms with Gasteiger partial charge in [0.25, 0.3) is 0 Å². The van der Waals surface area contributed by atoms with Crippen LogP contribution in [-0.4, -0.2) is 33.9 Å². The molecular weight excluding hydrogens is 518 g/mol. The van der Waals surface area contributed by atoms with Gasteiger partial charge in [-0.2, -0.15) is 0 Å². The van der Waals surface area contributed by atoms with Crippen LogP contribution in [0.2, 0.25) is 5.02 Å². The van der Waals surface area contributed by atoms with Crippen LogP contribution < -0.4 is 4.90 Å². The second kappa shape index (κ2) is 13.5. The molecule has 6 heteroatoms. The summed E-state index contributed by atoms with van der Waals surface area (Å²) in [5, 5.41) is 0.662.